The summed E-state index contributed by atoms with van der Waals surface area (Å²) in [5, 5.41) is 9.36. The van der Waals surface area contributed by atoms with Crippen molar-refractivity contribution in [1.82, 2.24) is 4.90 Å². The van der Waals surface area contributed by atoms with Gasteiger partial charge in [0.05, 0.1) is 18.0 Å². The zero-order valence-electron chi connectivity index (χ0n) is 12.9. The van der Waals surface area contributed by atoms with Crippen molar-refractivity contribution in [3.8, 4) is 0 Å². The van der Waals surface area contributed by atoms with Gasteiger partial charge in [0.25, 0.3) is 5.91 Å². The van der Waals surface area contributed by atoms with E-state index in [9.17, 15) is 9.90 Å². The van der Waals surface area contributed by atoms with Crippen LogP contribution in [-0.2, 0) is 0 Å². The first-order valence-corrected chi connectivity index (χ1v) is 7.53. The third kappa shape index (κ3) is 3.47. The Morgan fingerprint density at radius 1 is 1.33 bits per heavy atom. The molecule has 0 unspecified atom stereocenters. The second-order valence-electron chi connectivity index (χ2n) is 5.83. The highest BCUT2D eigenvalue weighted by atomic mass is 16.3. The minimum atomic E-state index is -0.0355. The van der Waals surface area contributed by atoms with Crippen LogP contribution in [0.3, 0.4) is 0 Å². The molecule has 1 aliphatic carbocycles. The summed E-state index contributed by atoms with van der Waals surface area (Å²) in [6, 6.07) is 5.80. The van der Waals surface area contributed by atoms with Crippen LogP contribution in [0.15, 0.2) is 18.2 Å². The van der Waals surface area contributed by atoms with E-state index < -0.39 is 0 Å². The topological polar surface area (TPSA) is 69.8 Å². The molecule has 0 bridgehead atoms. The molecule has 0 aromatic heterocycles. The average Bonchev–Trinajstić information content (AvgIpc) is 2.98. The summed E-state index contributed by atoms with van der Waals surface area (Å²) in [6.07, 6.45) is 4.65. The van der Waals surface area contributed by atoms with Crippen LogP contribution in [0.2, 0.25) is 0 Å². The van der Waals surface area contributed by atoms with Crippen LogP contribution < -0.4 is 10.6 Å². The first-order chi connectivity index (χ1) is 10.0. The number of nitrogens with zero attached hydrogens (tertiary/aromatic N) is 2. The van der Waals surface area contributed by atoms with Crippen molar-refractivity contribution >= 4 is 17.3 Å². The van der Waals surface area contributed by atoms with Gasteiger partial charge in [-0.1, -0.05) is 12.8 Å². The number of benzene rings is 1. The lowest BCUT2D eigenvalue weighted by Crippen LogP contribution is -2.36. The number of nitrogen functional groups attached to an aromatic ring is 1. The maximum atomic E-state index is 12.1. The minimum Gasteiger partial charge on any atom is -0.397 e. The van der Waals surface area contributed by atoms with Gasteiger partial charge in [-0.15, -0.1) is 0 Å². The standard InChI is InChI=1S/C16H25N3O2/c1-18(2)16(21)12-7-8-14(17)15(11-12)19(9-10-20)13-5-3-4-6-13/h7-8,11,13,20H,3-6,9-10,17H2,1-2H3. The molecule has 2 rings (SSSR count). The van der Waals surface area contributed by atoms with E-state index in [1.165, 1.54) is 12.8 Å². The number of aliphatic hydroxyl groups excluding tert-OH is 1. The van der Waals surface area contributed by atoms with E-state index >= 15 is 0 Å². The smallest absolute Gasteiger partial charge is 0.253 e. The molecule has 1 amide bonds. The lowest BCUT2D eigenvalue weighted by Gasteiger charge is -2.32. The molecule has 1 fully saturated rings. The number of nitrogens with two attached hydrogens (primary N) is 1. The molecule has 21 heavy (non-hydrogen) atoms. The zero-order valence-corrected chi connectivity index (χ0v) is 12.9. The molecule has 0 radical (unpaired) electrons. The van der Waals surface area contributed by atoms with E-state index in [1.807, 2.05) is 6.07 Å². The lowest BCUT2D eigenvalue weighted by molar-refractivity contribution is 0.0827. The van der Waals surface area contributed by atoms with Gasteiger partial charge in [-0.05, 0) is 31.0 Å². The fourth-order valence-electron chi connectivity index (χ4n) is 3.01. The van der Waals surface area contributed by atoms with E-state index in [2.05, 4.69) is 4.90 Å². The molecular weight excluding hydrogens is 266 g/mol. The summed E-state index contributed by atoms with van der Waals surface area (Å²) >= 11 is 0. The molecule has 5 heteroatoms. The van der Waals surface area contributed by atoms with Crippen molar-refractivity contribution < 1.29 is 9.90 Å². The molecule has 0 spiro atoms. The van der Waals surface area contributed by atoms with Crippen molar-refractivity contribution in [2.24, 2.45) is 0 Å². The predicted octanol–water partition coefficient (Wildman–Crippen LogP) is 1.71. The Morgan fingerprint density at radius 3 is 2.57 bits per heavy atom. The molecule has 0 saturated heterocycles. The van der Waals surface area contributed by atoms with Crippen LogP contribution in [0.25, 0.3) is 0 Å². The maximum absolute atomic E-state index is 12.1. The van der Waals surface area contributed by atoms with Crippen molar-refractivity contribution in [1.29, 1.82) is 0 Å². The zero-order chi connectivity index (χ0) is 15.4. The third-order valence-corrected chi connectivity index (χ3v) is 4.10. The number of carbonyl (C=O) groups is 1. The second kappa shape index (κ2) is 6.80. The monoisotopic (exact) mass is 291 g/mol. The molecular formula is C16H25N3O2. The molecule has 1 aromatic carbocycles. The Morgan fingerprint density at radius 2 is 2.00 bits per heavy atom. The van der Waals surface area contributed by atoms with Crippen LogP contribution >= 0.6 is 0 Å². The Balaban J connectivity index is 2.34. The number of hydrogen-bond donors (Lipinski definition) is 2. The molecule has 1 saturated carbocycles. The van der Waals surface area contributed by atoms with E-state index in [0.717, 1.165) is 18.5 Å². The number of amides is 1. The number of carbonyl (C=O) groups excluding carboxylic acids is 1. The minimum absolute atomic E-state index is 0.0355. The van der Waals surface area contributed by atoms with Crippen LogP contribution in [0.5, 0.6) is 0 Å². The number of aliphatic hydroxyl groups is 1. The fourth-order valence-corrected chi connectivity index (χ4v) is 3.01. The van der Waals surface area contributed by atoms with Gasteiger partial charge < -0.3 is 20.6 Å². The van der Waals surface area contributed by atoms with Crippen molar-refractivity contribution in [3.63, 3.8) is 0 Å². The Kier molecular flexibility index (Phi) is 5.07. The molecule has 0 atom stereocenters. The Bertz CT molecular complexity index is 496. The number of rotatable bonds is 5. The molecule has 1 aromatic rings. The number of hydrogen-bond acceptors (Lipinski definition) is 4. The normalized spacial score (nSPS) is 15.2. The average molecular weight is 291 g/mol. The molecule has 0 heterocycles. The number of anilines is 2. The highest BCUT2D eigenvalue weighted by Crippen LogP contribution is 2.32. The first kappa shape index (κ1) is 15.6. The molecule has 3 N–H and O–H groups in total. The maximum Gasteiger partial charge on any atom is 0.253 e. The summed E-state index contributed by atoms with van der Waals surface area (Å²) in [5.74, 6) is -0.0355. The summed E-state index contributed by atoms with van der Waals surface area (Å²) in [6.45, 7) is 0.635. The van der Waals surface area contributed by atoms with Gasteiger partial charge in [0, 0.05) is 32.2 Å². The van der Waals surface area contributed by atoms with Crippen LogP contribution in [0.4, 0.5) is 11.4 Å². The SMILES string of the molecule is CN(C)C(=O)c1ccc(N)c(N(CCO)C2CCCC2)c1. The van der Waals surface area contributed by atoms with Crippen LogP contribution in [0, 0.1) is 0 Å². The van der Waals surface area contributed by atoms with E-state index in [4.69, 9.17) is 5.73 Å². The van der Waals surface area contributed by atoms with Gasteiger partial charge in [0.1, 0.15) is 0 Å². The van der Waals surface area contributed by atoms with Gasteiger partial charge in [-0.25, -0.2) is 0 Å². The van der Waals surface area contributed by atoms with Crippen LogP contribution in [0.1, 0.15) is 36.0 Å². The van der Waals surface area contributed by atoms with Gasteiger partial charge in [-0.2, -0.15) is 0 Å². The lowest BCUT2D eigenvalue weighted by atomic mass is 10.1. The highest BCUT2D eigenvalue weighted by Gasteiger charge is 2.24. The van der Waals surface area contributed by atoms with Gasteiger partial charge in [0.15, 0.2) is 0 Å². The summed E-state index contributed by atoms with van der Waals surface area (Å²) in [5.41, 5.74) is 8.27. The quantitative estimate of drug-likeness (QED) is 0.810. The fraction of sp³-hybridized carbons (Fsp3) is 0.562. The largest absolute Gasteiger partial charge is 0.397 e. The molecule has 116 valence electrons. The summed E-state index contributed by atoms with van der Waals surface area (Å²) in [7, 11) is 3.47. The summed E-state index contributed by atoms with van der Waals surface area (Å²) in [4.78, 5) is 15.8. The van der Waals surface area contributed by atoms with Crippen molar-refractivity contribution in [3.05, 3.63) is 23.8 Å². The predicted molar refractivity (Wildman–Crippen MR) is 85.6 cm³/mol. The van der Waals surface area contributed by atoms with E-state index in [-0.39, 0.29) is 12.5 Å². The Labute approximate surface area is 126 Å². The second-order valence-corrected chi connectivity index (χ2v) is 5.83. The van der Waals surface area contributed by atoms with Gasteiger partial charge in [-0.3, -0.25) is 4.79 Å². The summed E-state index contributed by atoms with van der Waals surface area (Å²) < 4.78 is 0. The van der Waals surface area contributed by atoms with Crippen LogP contribution in [-0.4, -0.2) is 49.2 Å². The van der Waals surface area contributed by atoms with Crippen molar-refractivity contribution in [2.75, 3.05) is 37.9 Å². The van der Waals surface area contributed by atoms with E-state index in [0.29, 0.717) is 23.8 Å². The molecule has 1 aliphatic rings. The van der Waals surface area contributed by atoms with Gasteiger partial charge >= 0.3 is 0 Å². The Hall–Kier alpha value is -1.75. The van der Waals surface area contributed by atoms with Gasteiger partial charge in [0.2, 0.25) is 0 Å². The molecule has 5 nitrogen and oxygen atoms in total. The van der Waals surface area contributed by atoms with E-state index in [1.54, 1.807) is 31.1 Å². The van der Waals surface area contributed by atoms with Crippen molar-refractivity contribution in [2.45, 2.75) is 31.7 Å². The third-order valence-electron chi connectivity index (χ3n) is 4.10. The highest BCUT2D eigenvalue weighted by molar-refractivity contribution is 5.96. The first-order valence-electron chi connectivity index (χ1n) is 7.53. The molecule has 0 aliphatic heterocycles.